The topological polar surface area (TPSA) is 34.0 Å². The lowest BCUT2D eigenvalue weighted by atomic mass is 10.1. The quantitative estimate of drug-likeness (QED) is 0.733. The van der Waals surface area contributed by atoms with E-state index < -0.39 is 0 Å². The largest absolute Gasteiger partial charge is 0.354 e. The summed E-state index contributed by atoms with van der Waals surface area (Å²) in [7, 11) is 1.95. The molecule has 0 unspecified atom stereocenters. The molecule has 1 amide bonds. The average molecular weight is 180 g/mol. The van der Waals surface area contributed by atoms with Crippen molar-refractivity contribution in [1.29, 1.82) is 0 Å². The minimum absolute atomic E-state index is 0.0260. The molecule has 0 aliphatic heterocycles. The van der Waals surface area contributed by atoms with E-state index in [9.17, 15) is 4.79 Å². The summed E-state index contributed by atoms with van der Waals surface area (Å²) in [6.45, 7) is 6.51. The van der Waals surface area contributed by atoms with Gasteiger partial charge in [-0.15, -0.1) is 0 Å². The highest BCUT2D eigenvalue weighted by Crippen LogP contribution is 2.14. The standard InChI is InChI=1S/C10H16N2O/c1-5-11-10(13)9-7(2)6-12(4)8(9)3/h6H,5H2,1-4H3,(H,11,13). The number of hydrogen-bond donors (Lipinski definition) is 1. The first-order chi connectivity index (χ1) is 6.07. The Bertz CT molecular complexity index is 326. The number of aryl methyl sites for hydroxylation is 2. The van der Waals surface area contributed by atoms with Crippen molar-refractivity contribution in [2.45, 2.75) is 20.8 Å². The van der Waals surface area contributed by atoms with Crippen LogP contribution in [0.25, 0.3) is 0 Å². The van der Waals surface area contributed by atoms with Crippen molar-refractivity contribution >= 4 is 5.91 Å². The van der Waals surface area contributed by atoms with Crippen molar-refractivity contribution in [3.05, 3.63) is 23.0 Å². The second-order valence-corrected chi connectivity index (χ2v) is 3.24. The molecule has 0 radical (unpaired) electrons. The highest BCUT2D eigenvalue weighted by atomic mass is 16.1. The van der Waals surface area contributed by atoms with Crippen LogP contribution in [0.5, 0.6) is 0 Å². The van der Waals surface area contributed by atoms with Gasteiger partial charge in [-0.3, -0.25) is 4.79 Å². The van der Waals surface area contributed by atoms with E-state index in [4.69, 9.17) is 0 Å². The van der Waals surface area contributed by atoms with Gasteiger partial charge in [0.2, 0.25) is 0 Å². The first-order valence-corrected chi connectivity index (χ1v) is 4.48. The van der Waals surface area contributed by atoms with Crippen LogP contribution in [0.15, 0.2) is 6.20 Å². The summed E-state index contributed by atoms with van der Waals surface area (Å²) >= 11 is 0. The Kier molecular flexibility index (Phi) is 2.76. The highest BCUT2D eigenvalue weighted by Gasteiger charge is 2.14. The minimum atomic E-state index is 0.0260. The number of carbonyl (C=O) groups excluding carboxylic acids is 1. The fourth-order valence-electron chi connectivity index (χ4n) is 1.51. The second kappa shape index (κ2) is 3.64. The van der Waals surface area contributed by atoms with Gasteiger partial charge in [-0.25, -0.2) is 0 Å². The maximum Gasteiger partial charge on any atom is 0.253 e. The highest BCUT2D eigenvalue weighted by molar-refractivity contribution is 5.96. The van der Waals surface area contributed by atoms with Crippen LogP contribution in [0, 0.1) is 13.8 Å². The van der Waals surface area contributed by atoms with E-state index in [1.54, 1.807) is 0 Å². The van der Waals surface area contributed by atoms with E-state index in [0.717, 1.165) is 16.8 Å². The summed E-state index contributed by atoms with van der Waals surface area (Å²) in [6.07, 6.45) is 1.97. The molecule has 1 rings (SSSR count). The third-order valence-electron chi connectivity index (χ3n) is 2.24. The molecular formula is C10H16N2O. The molecule has 72 valence electrons. The van der Waals surface area contributed by atoms with Gasteiger partial charge in [0, 0.05) is 25.5 Å². The molecular weight excluding hydrogens is 164 g/mol. The molecule has 3 nitrogen and oxygen atoms in total. The first kappa shape index (κ1) is 9.84. The fourth-order valence-corrected chi connectivity index (χ4v) is 1.51. The van der Waals surface area contributed by atoms with Gasteiger partial charge < -0.3 is 9.88 Å². The van der Waals surface area contributed by atoms with Gasteiger partial charge in [0.25, 0.3) is 5.91 Å². The first-order valence-electron chi connectivity index (χ1n) is 4.48. The summed E-state index contributed by atoms with van der Waals surface area (Å²) < 4.78 is 1.97. The minimum Gasteiger partial charge on any atom is -0.354 e. The number of nitrogens with one attached hydrogen (secondary N) is 1. The normalized spacial score (nSPS) is 10.2. The van der Waals surface area contributed by atoms with Crippen LogP contribution in [0.1, 0.15) is 28.5 Å². The molecule has 1 aromatic heterocycles. The predicted octanol–water partition coefficient (Wildman–Crippen LogP) is 1.39. The Labute approximate surface area is 78.8 Å². The van der Waals surface area contributed by atoms with E-state index in [-0.39, 0.29) is 5.91 Å². The molecule has 0 bridgehead atoms. The van der Waals surface area contributed by atoms with Gasteiger partial charge in [-0.2, -0.15) is 0 Å². The lowest BCUT2D eigenvalue weighted by molar-refractivity contribution is 0.0954. The molecule has 0 saturated heterocycles. The summed E-state index contributed by atoms with van der Waals surface area (Å²) in [6, 6.07) is 0. The molecule has 0 saturated carbocycles. The second-order valence-electron chi connectivity index (χ2n) is 3.24. The maximum absolute atomic E-state index is 11.6. The number of rotatable bonds is 2. The van der Waals surface area contributed by atoms with Crippen LogP contribution >= 0.6 is 0 Å². The van der Waals surface area contributed by atoms with Crippen LogP contribution < -0.4 is 5.32 Å². The van der Waals surface area contributed by atoms with E-state index in [1.807, 2.05) is 38.6 Å². The summed E-state index contributed by atoms with van der Waals surface area (Å²) in [5.74, 6) is 0.0260. The maximum atomic E-state index is 11.6. The predicted molar refractivity (Wildman–Crippen MR) is 52.9 cm³/mol. The van der Waals surface area contributed by atoms with E-state index in [0.29, 0.717) is 6.54 Å². The average Bonchev–Trinajstić information content (AvgIpc) is 2.27. The van der Waals surface area contributed by atoms with E-state index in [1.165, 1.54) is 0 Å². The zero-order chi connectivity index (χ0) is 10.0. The lowest BCUT2D eigenvalue weighted by Crippen LogP contribution is -2.23. The van der Waals surface area contributed by atoms with E-state index in [2.05, 4.69) is 5.32 Å². The van der Waals surface area contributed by atoms with Crippen LogP contribution in [-0.4, -0.2) is 17.0 Å². The van der Waals surface area contributed by atoms with Crippen molar-refractivity contribution in [3.63, 3.8) is 0 Å². The number of aromatic nitrogens is 1. The molecule has 0 fully saturated rings. The third-order valence-corrected chi connectivity index (χ3v) is 2.24. The molecule has 0 aromatic carbocycles. The molecule has 13 heavy (non-hydrogen) atoms. The van der Waals surface area contributed by atoms with Gasteiger partial charge in [0.05, 0.1) is 5.56 Å². The van der Waals surface area contributed by atoms with E-state index >= 15 is 0 Å². The lowest BCUT2D eigenvalue weighted by Gasteiger charge is -2.03. The molecule has 0 aliphatic carbocycles. The van der Waals surface area contributed by atoms with Gasteiger partial charge in [0.15, 0.2) is 0 Å². The number of amides is 1. The van der Waals surface area contributed by atoms with Crippen molar-refractivity contribution < 1.29 is 4.79 Å². The molecule has 1 aromatic rings. The Morgan fingerprint density at radius 3 is 2.54 bits per heavy atom. The number of hydrogen-bond acceptors (Lipinski definition) is 1. The smallest absolute Gasteiger partial charge is 0.253 e. The third kappa shape index (κ3) is 1.74. The molecule has 1 N–H and O–H groups in total. The molecule has 0 spiro atoms. The summed E-state index contributed by atoms with van der Waals surface area (Å²) in [4.78, 5) is 11.6. The molecule has 1 heterocycles. The monoisotopic (exact) mass is 180 g/mol. The number of nitrogens with zero attached hydrogens (tertiary/aromatic N) is 1. The van der Waals surface area contributed by atoms with Crippen molar-refractivity contribution in [3.8, 4) is 0 Å². The fraction of sp³-hybridized carbons (Fsp3) is 0.500. The Hall–Kier alpha value is -1.25. The Balaban J connectivity index is 3.06. The van der Waals surface area contributed by atoms with Gasteiger partial charge in [-0.05, 0) is 26.3 Å². The van der Waals surface area contributed by atoms with Crippen molar-refractivity contribution in [2.75, 3.05) is 6.54 Å². The summed E-state index contributed by atoms with van der Waals surface area (Å²) in [5, 5.41) is 2.80. The molecule has 0 atom stereocenters. The summed E-state index contributed by atoms with van der Waals surface area (Å²) in [5.41, 5.74) is 2.86. The SMILES string of the molecule is CCNC(=O)c1c(C)cn(C)c1C. The van der Waals surface area contributed by atoms with Crippen molar-refractivity contribution in [1.82, 2.24) is 9.88 Å². The molecule has 3 heteroatoms. The Morgan fingerprint density at radius 2 is 2.15 bits per heavy atom. The van der Waals surface area contributed by atoms with Crippen LogP contribution in [-0.2, 0) is 7.05 Å². The Morgan fingerprint density at radius 1 is 1.54 bits per heavy atom. The van der Waals surface area contributed by atoms with Crippen LogP contribution in [0.3, 0.4) is 0 Å². The van der Waals surface area contributed by atoms with Crippen LogP contribution in [0.2, 0.25) is 0 Å². The van der Waals surface area contributed by atoms with Gasteiger partial charge >= 0.3 is 0 Å². The van der Waals surface area contributed by atoms with Crippen molar-refractivity contribution in [2.24, 2.45) is 7.05 Å². The van der Waals surface area contributed by atoms with Gasteiger partial charge in [-0.1, -0.05) is 0 Å². The number of carbonyl (C=O) groups is 1. The van der Waals surface area contributed by atoms with Crippen LogP contribution in [0.4, 0.5) is 0 Å². The van der Waals surface area contributed by atoms with Gasteiger partial charge in [0.1, 0.15) is 0 Å². The zero-order valence-corrected chi connectivity index (χ0v) is 8.64. The molecule has 0 aliphatic rings. The zero-order valence-electron chi connectivity index (χ0n) is 8.64.